The predicted molar refractivity (Wildman–Crippen MR) is 159 cm³/mol. The number of halogens is 1. The summed E-state index contributed by atoms with van der Waals surface area (Å²) in [5.74, 6) is 5.68. The molecular weight excluding hydrogens is 524 g/mol. The van der Waals surface area contributed by atoms with Crippen LogP contribution in [0.3, 0.4) is 0 Å². The van der Waals surface area contributed by atoms with Crippen molar-refractivity contribution in [1.82, 2.24) is 0 Å². The number of benzene rings is 2. The van der Waals surface area contributed by atoms with Crippen molar-refractivity contribution in [2.75, 3.05) is 24.0 Å². The van der Waals surface area contributed by atoms with Gasteiger partial charge < -0.3 is 13.9 Å². The van der Waals surface area contributed by atoms with Crippen molar-refractivity contribution in [1.29, 1.82) is 0 Å². The standard InChI is InChI=1S/C29H37ClO3S2Si/c1-28(2,3)36(4,5)33-22-10-11-24-23-12-13-29(34-16-17-35-29)19-25(23)27(32-26(24)18-22)20-6-8-21(9-7-20)31-15-14-30/h6-11,18,27H,12-17,19H2,1-5H3. The fourth-order valence-corrected chi connectivity index (χ4v) is 9.34. The highest BCUT2D eigenvalue weighted by Gasteiger charge is 2.44. The van der Waals surface area contributed by atoms with Gasteiger partial charge in [0.25, 0.3) is 0 Å². The molecule has 2 heterocycles. The summed E-state index contributed by atoms with van der Waals surface area (Å²) in [4.78, 5) is 0. The molecule has 36 heavy (non-hydrogen) atoms. The molecule has 3 aliphatic rings. The number of rotatable bonds is 6. The van der Waals surface area contributed by atoms with E-state index in [1.807, 2.05) is 12.1 Å². The molecule has 1 aliphatic carbocycles. The molecule has 1 atom stereocenters. The van der Waals surface area contributed by atoms with E-state index < -0.39 is 8.32 Å². The molecule has 3 nitrogen and oxygen atoms in total. The first-order valence-corrected chi connectivity index (χ1v) is 18.3. The average molecular weight is 561 g/mol. The maximum absolute atomic E-state index is 6.85. The van der Waals surface area contributed by atoms with E-state index in [9.17, 15) is 0 Å². The number of alkyl halides is 1. The molecule has 0 radical (unpaired) electrons. The molecule has 0 saturated carbocycles. The second-order valence-corrected chi connectivity index (χ2v) is 19.7. The van der Waals surface area contributed by atoms with E-state index in [0.717, 1.165) is 30.1 Å². The quantitative estimate of drug-likeness (QED) is 0.259. The lowest BCUT2D eigenvalue weighted by atomic mass is 9.80. The third-order valence-electron chi connectivity index (χ3n) is 7.96. The topological polar surface area (TPSA) is 27.7 Å². The van der Waals surface area contributed by atoms with E-state index >= 15 is 0 Å². The monoisotopic (exact) mass is 560 g/mol. The zero-order chi connectivity index (χ0) is 25.6. The summed E-state index contributed by atoms with van der Waals surface area (Å²) in [5.41, 5.74) is 5.34. The second kappa shape index (κ2) is 10.2. The molecule has 2 aromatic rings. The van der Waals surface area contributed by atoms with Crippen LogP contribution < -0.4 is 13.9 Å². The minimum Gasteiger partial charge on any atom is -0.543 e. The minimum atomic E-state index is -1.94. The molecule has 2 aliphatic heterocycles. The lowest BCUT2D eigenvalue weighted by molar-refractivity contribution is 0.228. The van der Waals surface area contributed by atoms with E-state index in [0.29, 0.717) is 16.6 Å². The van der Waals surface area contributed by atoms with Gasteiger partial charge >= 0.3 is 0 Å². The fraction of sp³-hybridized carbons (Fsp3) is 0.517. The van der Waals surface area contributed by atoms with Crippen molar-refractivity contribution in [2.24, 2.45) is 0 Å². The SMILES string of the molecule is CC(C)(C)[Si](C)(C)Oc1ccc2c(c1)OC(c1ccc(OCCCl)cc1)C1=C2CCC2(C1)SCCS2. The third kappa shape index (κ3) is 5.20. The van der Waals surface area contributed by atoms with E-state index in [1.165, 1.54) is 40.2 Å². The number of allylic oxidation sites excluding steroid dienone is 1. The number of fused-ring (bicyclic) bond motifs is 2. The Bertz CT molecular complexity index is 1130. The maximum Gasteiger partial charge on any atom is 0.250 e. The third-order valence-corrected chi connectivity index (χ3v) is 16.0. The van der Waals surface area contributed by atoms with Gasteiger partial charge in [-0.15, -0.1) is 35.1 Å². The summed E-state index contributed by atoms with van der Waals surface area (Å²) >= 11 is 10.1. The van der Waals surface area contributed by atoms with Gasteiger partial charge in [-0.25, -0.2) is 0 Å². The van der Waals surface area contributed by atoms with E-state index in [2.05, 4.69) is 87.7 Å². The summed E-state index contributed by atoms with van der Waals surface area (Å²) in [6.07, 6.45) is 3.31. The van der Waals surface area contributed by atoms with E-state index in [1.54, 1.807) is 0 Å². The van der Waals surface area contributed by atoms with Crippen LogP contribution in [0, 0.1) is 0 Å². The first-order chi connectivity index (χ1) is 17.1. The number of thioether (sulfide) groups is 2. The van der Waals surface area contributed by atoms with Crippen LogP contribution in [0.15, 0.2) is 48.0 Å². The number of hydrogen-bond acceptors (Lipinski definition) is 5. The largest absolute Gasteiger partial charge is 0.543 e. The molecule has 1 spiro atoms. The van der Waals surface area contributed by atoms with Crippen molar-refractivity contribution >= 4 is 49.0 Å². The average Bonchev–Trinajstić information content (AvgIpc) is 3.29. The second-order valence-electron chi connectivity index (χ2n) is 11.4. The molecule has 0 bridgehead atoms. The Balaban J connectivity index is 1.51. The van der Waals surface area contributed by atoms with Gasteiger partial charge in [-0.05, 0) is 78.4 Å². The van der Waals surface area contributed by atoms with E-state index in [-0.39, 0.29) is 11.1 Å². The highest BCUT2D eigenvalue weighted by Crippen LogP contribution is 2.59. The highest BCUT2D eigenvalue weighted by atomic mass is 35.5. The fourth-order valence-electron chi connectivity index (χ4n) is 4.99. The maximum atomic E-state index is 6.85. The van der Waals surface area contributed by atoms with Crippen molar-refractivity contribution < 1.29 is 13.9 Å². The first-order valence-electron chi connectivity index (χ1n) is 12.9. The minimum absolute atomic E-state index is 0.0864. The van der Waals surface area contributed by atoms with E-state index in [4.69, 9.17) is 25.5 Å². The molecule has 7 heteroatoms. The Morgan fingerprint density at radius 2 is 1.75 bits per heavy atom. The zero-order valence-electron chi connectivity index (χ0n) is 22.0. The van der Waals surface area contributed by atoms with Crippen LogP contribution in [0.4, 0.5) is 0 Å². The summed E-state index contributed by atoms with van der Waals surface area (Å²) < 4.78 is 19.5. The summed E-state index contributed by atoms with van der Waals surface area (Å²) in [6.45, 7) is 11.9. The van der Waals surface area contributed by atoms with Gasteiger partial charge in [0.2, 0.25) is 8.32 Å². The van der Waals surface area contributed by atoms with Gasteiger partial charge in [0.15, 0.2) is 0 Å². The zero-order valence-corrected chi connectivity index (χ0v) is 25.4. The van der Waals surface area contributed by atoms with Gasteiger partial charge in [-0.3, -0.25) is 0 Å². The Morgan fingerprint density at radius 1 is 1.06 bits per heavy atom. The van der Waals surface area contributed by atoms with Crippen LogP contribution in [0.5, 0.6) is 17.2 Å². The smallest absolute Gasteiger partial charge is 0.250 e. The van der Waals surface area contributed by atoms with Crippen LogP contribution in [0.2, 0.25) is 18.1 Å². The summed E-state index contributed by atoms with van der Waals surface area (Å²) in [7, 11) is -1.94. The summed E-state index contributed by atoms with van der Waals surface area (Å²) in [6, 6.07) is 14.9. The molecule has 0 N–H and O–H groups in total. The Morgan fingerprint density at radius 3 is 2.42 bits per heavy atom. The van der Waals surface area contributed by atoms with Crippen molar-refractivity contribution in [2.45, 2.75) is 68.3 Å². The number of ether oxygens (including phenoxy) is 2. The van der Waals surface area contributed by atoms with Crippen molar-refractivity contribution in [3.63, 3.8) is 0 Å². The van der Waals surface area contributed by atoms with Crippen LogP contribution in [-0.2, 0) is 0 Å². The molecule has 2 aromatic carbocycles. The van der Waals surface area contributed by atoms with Gasteiger partial charge in [0, 0.05) is 23.1 Å². The van der Waals surface area contributed by atoms with Crippen molar-refractivity contribution in [3.05, 3.63) is 59.2 Å². The van der Waals surface area contributed by atoms with Gasteiger partial charge in [-0.2, -0.15) is 0 Å². The molecule has 0 aromatic heterocycles. The molecule has 194 valence electrons. The highest BCUT2D eigenvalue weighted by molar-refractivity contribution is 8.21. The van der Waals surface area contributed by atoms with Crippen LogP contribution >= 0.6 is 35.1 Å². The van der Waals surface area contributed by atoms with Crippen LogP contribution in [0.25, 0.3) is 5.57 Å². The lowest BCUT2D eigenvalue weighted by Crippen LogP contribution is -2.43. The molecular formula is C29H37ClO3S2Si. The summed E-state index contributed by atoms with van der Waals surface area (Å²) in [5, 5.41) is 0.142. The Hall–Kier alpha value is -1.21. The Kier molecular flexibility index (Phi) is 7.45. The molecule has 1 fully saturated rings. The van der Waals surface area contributed by atoms with Crippen LogP contribution in [-0.4, -0.2) is 36.4 Å². The molecule has 5 rings (SSSR count). The number of hydrogen-bond donors (Lipinski definition) is 0. The van der Waals surface area contributed by atoms with Crippen LogP contribution in [0.1, 0.15) is 57.3 Å². The predicted octanol–water partition coefficient (Wildman–Crippen LogP) is 8.94. The van der Waals surface area contributed by atoms with Gasteiger partial charge in [0.1, 0.15) is 30.0 Å². The van der Waals surface area contributed by atoms with Crippen molar-refractivity contribution in [3.8, 4) is 17.2 Å². The normalized spacial score (nSPS) is 21.1. The first kappa shape index (κ1) is 26.4. The lowest BCUT2D eigenvalue weighted by Gasteiger charge is -2.41. The molecule has 0 amide bonds. The molecule has 1 saturated heterocycles. The Labute approximate surface area is 230 Å². The molecule has 1 unspecified atom stereocenters. The van der Waals surface area contributed by atoms with Gasteiger partial charge in [-0.1, -0.05) is 32.9 Å². The van der Waals surface area contributed by atoms with Gasteiger partial charge in [0.05, 0.1) is 9.96 Å².